The van der Waals surface area contributed by atoms with Crippen LogP contribution in [-0.2, 0) is 4.79 Å². The van der Waals surface area contributed by atoms with E-state index in [1.54, 1.807) is 31.4 Å². The Labute approximate surface area is 125 Å². The molecule has 0 amide bonds. The fourth-order valence-electron chi connectivity index (χ4n) is 1.76. The molecule has 0 saturated carbocycles. The topological polar surface area (TPSA) is 53.7 Å². The molecule has 0 unspecified atom stereocenters. The summed E-state index contributed by atoms with van der Waals surface area (Å²) in [6.07, 6.45) is 5.87. The minimum atomic E-state index is -1.27. The average molecular weight is 287 g/mol. The number of hydrogen-bond acceptors (Lipinski definition) is 3. The second-order valence-electron chi connectivity index (χ2n) is 4.67. The quantitative estimate of drug-likeness (QED) is 0.440. The van der Waals surface area contributed by atoms with Gasteiger partial charge in [-0.25, -0.2) is 0 Å². The molecule has 0 spiro atoms. The number of unbranched alkanes of at least 4 members (excludes halogenated alkanes) is 3. The fourth-order valence-corrected chi connectivity index (χ4v) is 1.76. The van der Waals surface area contributed by atoms with Gasteiger partial charge in [-0.05, 0) is 30.2 Å². The van der Waals surface area contributed by atoms with E-state index >= 15 is 0 Å². The van der Waals surface area contributed by atoms with E-state index in [9.17, 15) is 9.90 Å². The molecule has 112 valence electrons. The third kappa shape index (κ3) is 6.62. The molecule has 4 nitrogen and oxygen atoms in total. The van der Waals surface area contributed by atoms with Gasteiger partial charge in [-0.15, -0.1) is 0 Å². The molecule has 0 aliphatic heterocycles. The molecular weight excluding hydrogens is 266 g/mol. The highest BCUT2D eigenvalue weighted by Gasteiger charge is 2.03. The van der Waals surface area contributed by atoms with Crippen molar-refractivity contribution >= 4 is 12.0 Å². The van der Waals surface area contributed by atoms with Crippen molar-refractivity contribution in [1.29, 1.82) is 0 Å². The standard InChI is InChI=1S/C17H21NO3/c1-3-4-5-6-11-18-13-15(17(19)20)12-14-7-9-16(21-2)10-8-14/h7-10,12H,3-6,11H2,1-2H3. The predicted octanol–water partition coefficient (Wildman–Crippen LogP) is 2.74. The first-order valence-corrected chi connectivity index (χ1v) is 7.17. The van der Waals surface area contributed by atoms with E-state index in [0.717, 1.165) is 30.6 Å². The molecular formula is C17H21NO3. The van der Waals surface area contributed by atoms with Crippen molar-refractivity contribution in [2.75, 3.05) is 13.7 Å². The smallest absolute Gasteiger partial charge is 0.312 e. The predicted molar refractivity (Wildman–Crippen MR) is 82.2 cm³/mol. The lowest BCUT2D eigenvalue weighted by Crippen LogP contribution is -2.23. The molecule has 0 saturated heterocycles. The zero-order chi connectivity index (χ0) is 15.5. The lowest BCUT2D eigenvalue weighted by Gasteiger charge is -2.00. The molecule has 0 fully saturated rings. The van der Waals surface area contributed by atoms with Gasteiger partial charge in [0.15, 0.2) is 0 Å². The third-order valence-corrected chi connectivity index (χ3v) is 2.97. The number of carbonyl (C=O) groups excluding carboxylic acids is 1. The molecule has 0 aliphatic carbocycles. The highest BCUT2D eigenvalue weighted by atomic mass is 16.5. The van der Waals surface area contributed by atoms with Crippen LogP contribution in [0.1, 0.15) is 38.2 Å². The first-order chi connectivity index (χ1) is 10.2. The Morgan fingerprint density at radius 1 is 1.29 bits per heavy atom. The summed E-state index contributed by atoms with van der Waals surface area (Å²) in [6, 6.07) is 9.63. The summed E-state index contributed by atoms with van der Waals surface area (Å²) in [5.41, 5.74) is 0.694. The summed E-state index contributed by atoms with van der Waals surface area (Å²) < 4.78 is 5.05. The van der Waals surface area contributed by atoms with Crippen LogP contribution in [0.5, 0.6) is 5.75 Å². The van der Waals surface area contributed by atoms with E-state index in [0.29, 0.717) is 6.54 Å². The molecule has 21 heavy (non-hydrogen) atoms. The summed E-state index contributed by atoms with van der Waals surface area (Å²) in [7, 11) is 1.58. The first-order valence-electron chi connectivity index (χ1n) is 7.17. The fraction of sp³-hybridized carbons (Fsp3) is 0.412. The molecule has 0 atom stereocenters. The maximum atomic E-state index is 11.1. The Hall–Kier alpha value is -2.28. The molecule has 1 rings (SSSR count). The summed E-state index contributed by atoms with van der Waals surface area (Å²) in [4.78, 5) is 15.1. The van der Waals surface area contributed by atoms with Gasteiger partial charge in [0.25, 0.3) is 6.54 Å². The van der Waals surface area contributed by atoms with E-state index in [1.165, 1.54) is 12.5 Å². The monoisotopic (exact) mass is 287 g/mol. The number of aliphatic carboxylic acids is 1. The Kier molecular flexibility index (Phi) is 7.67. The average Bonchev–Trinajstić information content (AvgIpc) is 2.50. The van der Waals surface area contributed by atoms with E-state index in [1.807, 2.05) is 0 Å². The molecule has 0 N–H and O–H groups in total. The normalized spacial score (nSPS) is 10.7. The molecule has 0 aromatic heterocycles. The van der Waals surface area contributed by atoms with Crippen molar-refractivity contribution in [3.63, 3.8) is 0 Å². The van der Waals surface area contributed by atoms with Gasteiger partial charge in [-0.1, -0.05) is 36.7 Å². The highest BCUT2D eigenvalue weighted by molar-refractivity contribution is 5.95. The number of carbonyl (C=O) groups is 1. The van der Waals surface area contributed by atoms with Crippen molar-refractivity contribution in [3.05, 3.63) is 40.2 Å². The summed E-state index contributed by atoms with van der Waals surface area (Å²) in [5, 5.41) is 11.1. The Balaban J connectivity index is 2.69. The number of carboxylic acids is 1. The number of benzene rings is 1. The van der Waals surface area contributed by atoms with E-state index < -0.39 is 5.97 Å². The maximum absolute atomic E-state index is 11.1. The molecule has 0 bridgehead atoms. The van der Waals surface area contributed by atoms with Crippen molar-refractivity contribution in [2.45, 2.75) is 32.6 Å². The molecule has 1 aromatic rings. The van der Waals surface area contributed by atoms with Crippen LogP contribution in [0.15, 0.2) is 29.8 Å². The van der Waals surface area contributed by atoms with Crippen LogP contribution in [0, 0.1) is 6.07 Å². The van der Waals surface area contributed by atoms with Gasteiger partial charge in [0.2, 0.25) is 0 Å². The zero-order valence-electron chi connectivity index (χ0n) is 12.6. The zero-order valence-corrected chi connectivity index (χ0v) is 12.6. The molecule has 0 heterocycles. The number of ether oxygens (including phenoxy) is 1. The van der Waals surface area contributed by atoms with Crippen LogP contribution in [0.4, 0.5) is 0 Å². The van der Waals surface area contributed by atoms with E-state index in [2.05, 4.69) is 17.8 Å². The number of nitrogens with zero attached hydrogens (tertiary/aromatic N) is 1. The van der Waals surface area contributed by atoms with Gasteiger partial charge in [-0.2, -0.15) is 0 Å². The minimum Gasteiger partial charge on any atom is -0.544 e. The van der Waals surface area contributed by atoms with Gasteiger partial charge in [0.05, 0.1) is 13.1 Å². The molecule has 0 aliphatic rings. The number of rotatable bonds is 7. The Bertz CT molecular complexity index is 535. The SMILES string of the molecule is CCCCCC[N+]#CC(=Cc1ccc(OC)cc1)C(=O)[O-]. The summed E-state index contributed by atoms with van der Waals surface area (Å²) in [6.45, 7) is 2.73. The second-order valence-corrected chi connectivity index (χ2v) is 4.67. The Morgan fingerprint density at radius 3 is 2.57 bits per heavy atom. The molecule has 0 radical (unpaired) electrons. The van der Waals surface area contributed by atoms with E-state index in [-0.39, 0.29) is 5.57 Å². The summed E-state index contributed by atoms with van der Waals surface area (Å²) in [5.74, 6) is -0.557. The maximum Gasteiger partial charge on any atom is 0.312 e. The highest BCUT2D eigenvalue weighted by Crippen LogP contribution is 2.13. The van der Waals surface area contributed by atoms with Crippen molar-refractivity contribution in [2.24, 2.45) is 0 Å². The van der Waals surface area contributed by atoms with Crippen LogP contribution >= 0.6 is 0 Å². The molecule has 4 heteroatoms. The van der Waals surface area contributed by atoms with Crippen LogP contribution in [0.2, 0.25) is 0 Å². The van der Waals surface area contributed by atoms with Gasteiger partial charge >= 0.3 is 6.07 Å². The second kappa shape index (κ2) is 9.60. The first kappa shape index (κ1) is 16.8. The van der Waals surface area contributed by atoms with Gasteiger partial charge in [-0.3, -0.25) is 0 Å². The van der Waals surface area contributed by atoms with Crippen LogP contribution < -0.4 is 9.84 Å². The van der Waals surface area contributed by atoms with Crippen molar-refractivity contribution < 1.29 is 14.6 Å². The van der Waals surface area contributed by atoms with Gasteiger partial charge < -0.3 is 14.6 Å². The van der Waals surface area contributed by atoms with Crippen LogP contribution in [-0.4, -0.2) is 19.6 Å². The van der Waals surface area contributed by atoms with Crippen LogP contribution in [0.25, 0.3) is 10.9 Å². The largest absolute Gasteiger partial charge is 0.544 e. The van der Waals surface area contributed by atoms with Crippen LogP contribution in [0.3, 0.4) is 0 Å². The summed E-state index contributed by atoms with van der Waals surface area (Å²) >= 11 is 0. The molecule has 1 aromatic carbocycles. The Morgan fingerprint density at radius 2 is 2.00 bits per heavy atom. The number of hydrogen-bond donors (Lipinski definition) is 0. The third-order valence-electron chi connectivity index (χ3n) is 2.97. The van der Waals surface area contributed by atoms with Crippen molar-refractivity contribution in [1.82, 2.24) is 0 Å². The van der Waals surface area contributed by atoms with E-state index in [4.69, 9.17) is 4.74 Å². The number of methoxy groups -OCH3 is 1. The minimum absolute atomic E-state index is 0.0457. The van der Waals surface area contributed by atoms with Gasteiger partial charge in [0, 0.05) is 6.42 Å². The lowest BCUT2D eigenvalue weighted by atomic mass is 10.1. The van der Waals surface area contributed by atoms with Crippen molar-refractivity contribution in [3.8, 4) is 11.8 Å². The lowest BCUT2D eigenvalue weighted by molar-refractivity contribution is -0.298. The number of carboxylic acid groups (broad SMARTS) is 1. The van der Waals surface area contributed by atoms with Gasteiger partial charge in [0.1, 0.15) is 11.3 Å².